The normalized spacial score (nSPS) is 19.8. The van der Waals surface area contributed by atoms with Crippen molar-refractivity contribution >= 4 is 92.7 Å². The number of alkyl halides is 1. The molecule has 0 saturated carbocycles. The molecule has 3 unspecified atom stereocenters. The lowest BCUT2D eigenvalue weighted by Gasteiger charge is -2.37. The first-order chi connectivity index (χ1) is 24.2. The number of anilines is 1. The van der Waals surface area contributed by atoms with Crippen LogP contribution in [0, 0.1) is 11.8 Å². The highest BCUT2D eigenvalue weighted by Gasteiger charge is 2.32. The average Bonchev–Trinajstić information content (AvgIpc) is 3.45. The van der Waals surface area contributed by atoms with Gasteiger partial charge in [-0.15, -0.1) is 11.3 Å². The van der Waals surface area contributed by atoms with Crippen LogP contribution in [0.4, 0.5) is 10.6 Å². The van der Waals surface area contributed by atoms with E-state index in [4.69, 9.17) is 16.3 Å². The standard InChI is InChI=1S/C32H44Br2ClN5O8S3/c1-2-18-48-32(43)36-14-4-3-8-27(31(41)42)38-50(44,45)24-9-10-28(37-20-24)39-15-13-23(26(34)21-39)7-5-6-22-11-16-40(17-12-22)51(46,47)29-19-25(33)30(35)49-29/h2,9-10,19-20,22-23,26-27,38H,1,3-8,11-18,21H2,(H,36,43)(H,41,42). The molecule has 2 fully saturated rings. The van der Waals surface area contributed by atoms with Crippen molar-refractivity contribution in [3.8, 4) is 0 Å². The first-order valence-electron chi connectivity index (χ1n) is 16.8. The molecule has 13 nitrogen and oxygen atoms in total. The number of pyridine rings is 1. The number of carboxylic acids is 1. The van der Waals surface area contributed by atoms with Gasteiger partial charge in [0.05, 0.1) is 0 Å². The van der Waals surface area contributed by atoms with Crippen molar-refractivity contribution in [1.82, 2.24) is 19.3 Å². The van der Waals surface area contributed by atoms with E-state index < -0.39 is 38.2 Å². The van der Waals surface area contributed by atoms with E-state index in [1.807, 2.05) is 0 Å². The molecule has 1 amide bonds. The first kappa shape index (κ1) is 41.9. The molecule has 51 heavy (non-hydrogen) atoms. The summed E-state index contributed by atoms with van der Waals surface area (Å²) in [5, 5.41) is 12.1. The minimum atomic E-state index is -4.14. The second kappa shape index (κ2) is 19.5. The van der Waals surface area contributed by atoms with Gasteiger partial charge in [0.1, 0.15) is 31.9 Å². The van der Waals surface area contributed by atoms with E-state index >= 15 is 0 Å². The largest absolute Gasteiger partial charge is 0.480 e. The Balaban J connectivity index is 1.18. The molecule has 3 N–H and O–H groups in total. The molecule has 2 saturated heterocycles. The summed E-state index contributed by atoms with van der Waals surface area (Å²) in [7, 11) is -7.68. The van der Waals surface area contributed by atoms with Gasteiger partial charge in [-0.1, -0.05) is 53.0 Å². The fourth-order valence-electron chi connectivity index (χ4n) is 6.23. The number of amides is 1. The van der Waals surface area contributed by atoms with Gasteiger partial charge in [0, 0.05) is 48.2 Å². The maximum atomic E-state index is 13.0. The number of thiophene rings is 1. The Morgan fingerprint density at radius 3 is 2.49 bits per heavy atom. The number of hydrogen-bond donors (Lipinski definition) is 3. The third kappa shape index (κ3) is 12.1. The molecule has 2 aromatic heterocycles. The molecule has 2 aliphatic heterocycles. The van der Waals surface area contributed by atoms with Crippen LogP contribution < -0.4 is 14.9 Å². The number of nitrogens with zero attached hydrogens (tertiary/aromatic N) is 3. The number of carbonyl (C=O) groups is 2. The molecule has 4 rings (SSSR count). The minimum Gasteiger partial charge on any atom is -0.480 e. The number of hydrogen-bond acceptors (Lipinski definition) is 10. The zero-order valence-corrected chi connectivity index (χ0v) is 34.4. The van der Waals surface area contributed by atoms with Gasteiger partial charge in [-0.05, 0) is 90.9 Å². The van der Waals surface area contributed by atoms with Crippen LogP contribution in [0.25, 0.3) is 0 Å². The molecule has 2 aliphatic rings. The Kier molecular flexibility index (Phi) is 16.0. The van der Waals surface area contributed by atoms with Crippen molar-refractivity contribution in [2.75, 3.05) is 44.2 Å². The van der Waals surface area contributed by atoms with Crippen LogP contribution in [-0.2, 0) is 29.6 Å². The topological polar surface area (TPSA) is 175 Å². The number of carboxylic acid groups (broad SMARTS) is 1. The van der Waals surface area contributed by atoms with Crippen molar-refractivity contribution < 1.29 is 36.3 Å². The number of aromatic nitrogens is 1. The molecule has 19 heteroatoms. The third-order valence-electron chi connectivity index (χ3n) is 9.13. The second-order valence-electron chi connectivity index (χ2n) is 12.7. The summed E-state index contributed by atoms with van der Waals surface area (Å²) in [6, 6.07) is 3.31. The van der Waals surface area contributed by atoms with Gasteiger partial charge in [-0.2, -0.15) is 9.03 Å². The van der Waals surface area contributed by atoms with E-state index in [2.05, 4.69) is 58.4 Å². The van der Waals surface area contributed by atoms with Crippen molar-refractivity contribution in [2.24, 2.45) is 11.8 Å². The summed E-state index contributed by atoms with van der Waals surface area (Å²) in [6.45, 7) is 6.30. The van der Waals surface area contributed by atoms with Crippen LogP contribution in [0.5, 0.6) is 0 Å². The molecule has 0 radical (unpaired) electrons. The summed E-state index contributed by atoms with van der Waals surface area (Å²) >= 11 is 14.3. The van der Waals surface area contributed by atoms with Crippen LogP contribution in [-0.4, -0.2) is 93.5 Å². The quantitative estimate of drug-likeness (QED) is 0.0883. The highest BCUT2D eigenvalue weighted by molar-refractivity contribution is 9.10. The zero-order valence-electron chi connectivity index (χ0n) is 28.0. The molecule has 0 spiro atoms. The van der Waals surface area contributed by atoms with Crippen LogP contribution in [0.1, 0.15) is 57.8 Å². The van der Waals surface area contributed by atoms with E-state index in [1.54, 1.807) is 16.4 Å². The van der Waals surface area contributed by atoms with Crippen LogP contribution >= 0.6 is 54.8 Å². The fraction of sp³-hybridized carbons (Fsp3) is 0.594. The van der Waals surface area contributed by atoms with Gasteiger partial charge >= 0.3 is 12.1 Å². The summed E-state index contributed by atoms with van der Waals surface area (Å²) in [4.78, 5) is 29.9. The van der Waals surface area contributed by atoms with Crippen molar-refractivity contribution in [3.05, 3.63) is 45.9 Å². The Morgan fingerprint density at radius 2 is 1.88 bits per heavy atom. The van der Waals surface area contributed by atoms with Crippen molar-refractivity contribution in [2.45, 2.75) is 77.8 Å². The average molecular weight is 918 g/mol. The number of sulfonamides is 2. The zero-order chi connectivity index (χ0) is 37.2. The third-order valence-corrected chi connectivity index (χ3v) is 16.4. The molecular weight excluding hydrogens is 874 g/mol. The highest BCUT2D eigenvalue weighted by Crippen LogP contribution is 2.37. The highest BCUT2D eigenvalue weighted by atomic mass is 79.9. The number of carbonyl (C=O) groups excluding carboxylic acids is 1. The predicted molar refractivity (Wildman–Crippen MR) is 205 cm³/mol. The maximum absolute atomic E-state index is 13.0. The van der Waals surface area contributed by atoms with Gasteiger partial charge in [-0.25, -0.2) is 26.6 Å². The minimum absolute atomic E-state index is 0.0408. The lowest BCUT2D eigenvalue weighted by Crippen LogP contribution is -2.42. The number of unbranched alkanes of at least 4 members (excludes halogenated alkanes) is 1. The second-order valence-corrected chi connectivity index (χ2v) is 20.2. The SMILES string of the molecule is C=CCOC(=O)NCCCCC(NS(=O)(=O)c1ccc(N2CCC(CCCC3CCN(S(=O)(=O)c4cc(Br)c(Cl)s4)CC3)C(Br)C2)nc1)C(=O)O. The first-order valence-corrected chi connectivity index (χ1v) is 22.6. The lowest BCUT2D eigenvalue weighted by atomic mass is 9.87. The van der Waals surface area contributed by atoms with Crippen LogP contribution in [0.15, 0.2) is 50.6 Å². The monoisotopic (exact) mass is 915 g/mol. The van der Waals surface area contributed by atoms with Crippen LogP contribution in [0.2, 0.25) is 4.34 Å². The Hall–Kier alpha value is -1.80. The number of piperidine rings is 2. The molecule has 284 valence electrons. The Morgan fingerprint density at radius 1 is 1.14 bits per heavy atom. The molecule has 0 bridgehead atoms. The Labute approximate surface area is 325 Å². The number of halogens is 3. The summed E-state index contributed by atoms with van der Waals surface area (Å²) in [6.07, 6.45) is 8.73. The van der Waals surface area contributed by atoms with E-state index in [0.717, 1.165) is 56.4 Å². The van der Waals surface area contributed by atoms with E-state index in [9.17, 15) is 31.5 Å². The molecular formula is C32H44Br2ClN5O8S3. The van der Waals surface area contributed by atoms with Gasteiger partial charge in [0.25, 0.3) is 10.0 Å². The van der Waals surface area contributed by atoms with Crippen molar-refractivity contribution in [1.29, 1.82) is 0 Å². The molecule has 0 aliphatic carbocycles. The van der Waals surface area contributed by atoms with E-state index in [0.29, 0.717) is 58.9 Å². The summed E-state index contributed by atoms with van der Waals surface area (Å²) < 4.78 is 62.0. The molecule has 3 atom stereocenters. The molecule has 0 aromatic carbocycles. The van der Waals surface area contributed by atoms with Gasteiger partial charge in [0.15, 0.2) is 0 Å². The maximum Gasteiger partial charge on any atom is 0.407 e. The number of rotatable bonds is 18. The lowest BCUT2D eigenvalue weighted by molar-refractivity contribution is -0.139. The predicted octanol–water partition coefficient (Wildman–Crippen LogP) is 6.23. The fourth-order valence-corrected chi connectivity index (χ4v) is 12.2. The van der Waals surface area contributed by atoms with E-state index in [1.165, 1.54) is 18.3 Å². The molecule has 2 aromatic rings. The van der Waals surface area contributed by atoms with Crippen LogP contribution in [0.3, 0.4) is 0 Å². The van der Waals surface area contributed by atoms with Gasteiger partial charge in [0.2, 0.25) is 10.0 Å². The number of nitrogens with one attached hydrogen (secondary N) is 2. The molecule has 4 heterocycles. The van der Waals surface area contributed by atoms with Crippen molar-refractivity contribution in [3.63, 3.8) is 0 Å². The Bertz CT molecular complexity index is 1690. The van der Waals surface area contributed by atoms with E-state index in [-0.39, 0.29) is 33.5 Å². The van der Waals surface area contributed by atoms with Gasteiger partial charge in [-0.3, -0.25) is 4.79 Å². The summed E-state index contributed by atoms with van der Waals surface area (Å²) in [5.41, 5.74) is 0. The summed E-state index contributed by atoms with van der Waals surface area (Å²) in [5.74, 6) is 0.315. The smallest absolute Gasteiger partial charge is 0.407 e. The van der Waals surface area contributed by atoms with Gasteiger partial charge < -0.3 is 20.1 Å². The number of aliphatic carboxylic acids is 1. The number of alkyl carbamates (subject to hydrolysis) is 1. The number of ether oxygens (including phenoxy) is 1.